The summed E-state index contributed by atoms with van der Waals surface area (Å²) in [6, 6.07) is 11.2. The number of nitrogens with one attached hydrogen (secondary N) is 3. The van der Waals surface area contributed by atoms with Crippen molar-refractivity contribution in [3.8, 4) is 0 Å². The van der Waals surface area contributed by atoms with Crippen LogP contribution in [-0.4, -0.2) is 18.4 Å². The van der Waals surface area contributed by atoms with E-state index in [4.69, 9.17) is 0 Å². The Labute approximate surface area is 138 Å². The van der Waals surface area contributed by atoms with Gasteiger partial charge < -0.3 is 5.32 Å². The molecule has 2 rings (SSSR count). The normalized spacial score (nSPS) is 11.6. The molecule has 0 saturated carbocycles. The van der Waals surface area contributed by atoms with E-state index in [1.54, 1.807) is 37.3 Å². The third-order valence-corrected chi connectivity index (χ3v) is 3.35. The van der Waals surface area contributed by atoms with E-state index in [0.29, 0.717) is 5.56 Å². The van der Waals surface area contributed by atoms with Crippen LogP contribution >= 0.6 is 0 Å². The van der Waals surface area contributed by atoms with Gasteiger partial charge in [0.25, 0.3) is 11.8 Å². The van der Waals surface area contributed by atoms with Crippen molar-refractivity contribution in [1.82, 2.24) is 16.2 Å². The van der Waals surface area contributed by atoms with E-state index >= 15 is 0 Å². The Kier molecular flexibility index (Phi) is 5.97. The quantitative estimate of drug-likeness (QED) is 0.734. The molecule has 0 saturated heterocycles. The Morgan fingerprint density at radius 2 is 1.75 bits per heavy atom. The zero-order valence-electron chi connectivity index (χ0n) is 13.0. The largest absolute Gasteiger partial charge is 0.302 e. The molecule has 0 fully saturated rings. The maximum absolute atomic E-state index is 13.6. The van der Waals surface area contributed by atoms with E-state index in [-0.39, 0.29) is 12.1 Å². The lowest BCUT2D eigenvalue weighted by Crippen LogP contribution is -2.45. The van der Waals surface area contributed by atoms with Gasteiger partial charge in [0, 0.05) is 23.2 Å². The van der Waals surface area contributed by atoms with Crippen molar-refractivity contribution >= 4 is 11.8 Å². The first-order valence-electron chi connectivity index (χ1n) is 7.30. The van der Waals surface area contributed by atoms with Crippen LogP contribution in [0, 0.1) is 11.6 Å². The molecule has 0 aliphatic heterocycles. The standard InChI is InChI=1S/C17H17F2N3O2/c1-11(14-8-7-13(18)9-15(14)19)20-10-16(23)21-22-17(24)12-5-3-2-4-6-12/h2-9,11,20H,10H2,1H3,(H,21,23)(H,22,24)/t11-/m1/s1. The Hall–Kier alpha value is -2.80. The highest BCUT2D eigenvalue weighted by Crippen LogP contribution is 2.17. The Bertz CT molecular complexity index is 723. The summed E-state index contributed by atoms with van der Waals surface area (Å²) in [6.07, 6.45) is 0. The molecule has 0 unspecified atom stereocenters. The molecule has 0 spiro atoms. The van der Waals surface area contributed by atoms with E-state index in [1.165, 1.54) is 6.07 Å². The number of hydrogen-bond donors (Lipinski definition) is 3. The zero-order chi connectivity index (χ0) is 17.5. The van der Waals surface area contributed by atoms with Crippen LogP contribution in [0.5, 0.6) is 0 Å². The van der Waals surface area contributed by atoms with Crippen LogP contribution in [0.15, 0.2) is 48.5 Å². The summed E-state index contributed by atoms with van der Waals surface area (Å²) in [5, 5.41) is 2.80. The van der Waals surface area contributed by atoms with Gasteiger partial charge in [0.15, 0.2) is 0 Å². The number of amides is 2. The zero-order valence-corrected chi connectivity index (χ0v) is 13.0. The number of carbonyl (C=O) groups is 2. The minimum Gasteiger partial charge on any atom is -0.302 e. The van der Waals surface area contributed by atoms with E-state index < -0.39 is 29.5 Å². The fraction of sp³-hybridized carbons (Fsp3) is 0.176. The van der Waals surface area contributed by atoms with Crippen LogP contribution in [-0.2, 0) is 4.79 Å². The van der Waals surface area contributed by atoms with Crippen LogP contribution in [0.25, 0.3) is 0 Å². The third kappa shape index (κ3) is 4.85. The fourth-order valence-corrected chi connectivity index (χ4v) is 2.04. The molecule has 7 heteroatoms. The van der Waals surface area contributed by atoms with Gasteiger partial charge in [-0.05, 0) is 25.1 Å². The second-order valence-electron chi connectivity index (χ2n) is 5.14. The molecule has 2 aromatic carbocycles. The fourth-order valence-electron chi connectivity index (χ4n) is 2.04. The minimum atomic E-state index is -0.687. The number of halogens is 2. The number of carbonyl (C=O) groups excluding carboxylic acids is 2. The number of hydrogen-bond acceptors (Lipinski definition) is 3. The summed E-state index contributed by atoms with van der Waals surface area (Å²) in [5.41, 5.74) is 5.19. The molecular weight excluding hydrogens is 316 g/mol. The highest BCUT2D eigenvalue weighted by molar-refractivity contribution is 5.95. The van der Waals surface area contributed by atoms with Crippen molar-refractivity contribution < 1.29 is 18.4 Å². The molecule has 24 heavy (non-hydrogen) atoms. The predicted octanol–water partition coefficient (Wildman–Crippen LogP) is 2.08. The van der Waals surface area contributed by atoms with E-state index in [1.807, 2.05) is 0 Å². The average Bonchev–Trinajstić information content (AvgIpc) is 2.58. The molecule has 0 heterocycles. The predicted molar refractivity (Wildman–Crippen MR) is 84.8 cm³/mol. The highest BCUT2D eigenvalue weighted by atomic mass is 19.1. The molecular formula is C17H17F2N3O2. The summed E-state index contributed by atoms with van der Waals surface area (Å²) in [5.74, 6) is -2.28. The minimum absolute atomic E-state index is 0.146. The highest BCUT2D eigenvalue weighted by Gasteiger charge is 2.13. The number of benzene rings is 2. The SMILES string of the molecule is C[C@@H](NCC(=O)NNC(=O)c1ccccc1)c1ccc(F)cc1F. The van der Waals surface area contributed by atoms with E-state index in [2.05, 4.69) is 16.2 Å². The van der Waals surface area contributed by atoms with Crippen LogP contribution in [0.3, 0.4) is 0 Å². The van der Waals surface area contributed by atoms with Gasteiger partial charge >= 0.3 is 0 Å². The smallest absolute Gasteiger partial charge is 0.269 e. The Balaban J connectivity index is 1.79. The maximum atomic E-state index is 13.6. The van der Waals surface area contributed by atoms with Crippen LogP contribution in [0.4, 0.5) is 8.78 Å². The summed E-state index contributed by atoms with van der Waals surface area (Å²) >= 11 is 0. The van der Waals surface area contributed by atoms with Crippen molar-refractivity contribution in [2.24, 2.45) is 0 Å². The molecule has 2 aromatic rings. The van der Waals surface area contributed by atoms with Crippen LogP contribution in [0.1, 0.15) is 28.9 Å². The Morgan fingerprint density at radius 1 is 1.04 bits per heavy atom. The maximum Gasteiger partial charge on any atom is 0.269 e. The van der Waals surface area contributed by atoms with E-state index in [0.717, 1.165) is 12.1 Å². The molecule has 1 atom stereocenters. The van der Waals surface area contributed by atoms with Gasteiger partial charge in [-0.25, -0.2) is 8.78 Å². The Morgan fingerprint density at radius 3 is 2.42 bits per heavy atom. The average molecular weight is 333 g/mol. The topological polar surface area (TPSA) is 70.2 Å². The van der Waals surface area contributed by atoms with Crippen molar-refractivity contribution in [3.63, 3.8) is 0 Å². The molecule has 0 aliphatic rings. The van der Waals surface area contributed by atoms with Gasteiger partial charge in [-0.15, -0.1) is 0 Å². The van der Waals surface area contributed by atoms with Crippen molar-refractivity contribution in [1.29, 1.82) is 0 Å². The van der Waals surface area contributed by atoms with Gasteiger partial charge in [0.1, 0.15) is 11.6 Å². The monoisotopic (exact) mass is 333 g/mol. The lowest BCUT2D eigenvalue weighted by molar-refractivity contribution is -0.121. The van der Waals surface area contributed by atoms with Gasteiger partial charge in [-0.3, -0.25) is 20.4 Å². The lowest BCUT2D eigenvalue weighted by Gasteiger charge is -2.15. The van der Waals surface area contributed by atoms with Crippen LogP contribution < -0.4 is 16.2 Å². The van der Waals surface area contributed by atoms with Crippen LogP contribution in [0.2, 0.25) is 0 Å². The van der Waals surface area contributed by atoms with E-state index in [9.17, 15) is 18.4 Å². The van der Waals surface area contributed by atoms with Crippen molar-refractivity contribution in [2.45, 2.75) is 13.0 Å². The summed E-state index contributed by atoms with van der Waals surface area (Å²) in [7, 11) is 0. The summed E-state index contributed by atoms with van der Waals surface area (Å²) in [4.78, 5) is 23.5. The van der Waals surface area contributed by atoms with Gasteiger partial charge in [0.2, 0.25) is 0 Å². The van der Waals surface area contributed by atoms with Crippen molar-refractivity contribution in [2.75, 3.05) is 6.54 Å². The van der Waals surface area contributed by atoms with Crippen molar-refractivity contribution in [3.05, 3.63) is 71.3 Å². The molecule has 0 aromatic heterocycles. The first-order chi connectivity index (χ1) is 11.5. The third-order valence-electron chi connectivity index (χ3n) is 3.35. The molecule has 2 amide bonds. The molecule has 0 bridgehead atoms. The van der Waals surface area contributed by atoms with Gasteiger partial charge in [-0.2, -0.15) is 0 Å². The summed E-state index contributed by atoms with van der Waals surface area (Å²) in [6.45, 7) is 1.50. The molecule has 126 valence electrons. The first kappa shape index (κ1) is 17.6. The second kappa shape index (κ2) is 8.16. The summed E-state index contributed by atoms with van der Waals surface area (Å²) < 4.78 is 26.5. The van der Waals surface area contributed by atoms with Gasteiger partial charge in [-0.1, -0.05) is 24.3 Å². The van der Waals surface area contributed by atoms with Gasteiger partial charge in [0.05, 0.1) is 6.54 Å². The number of hydrazine groups is 1. The first-order valence-corrected chi connectivity index (χ1v) is 7.30. The number of rotatable bonds is 5. The lowest BCUT2D eigenvalue weighted by atomic mass is 10.1. The molecule has 0 aliphatic carbocycles. The second-order valence-corrected chi connectivity index (χ2v) is 5.14. The molecule has 3 N–H and O–H groups in total. The molecule has 5 nitrogen and oxygen atoms in total. The molecule has 0 radical (unpaired) electrons.